The van der Waals surface area contributed by atoms with Gasteiger partial charge in [0.15, 0.2) is 9.84 Å². The summed E-state index contributed by atoms with van der Waals surface area (Å²) in [6, 6.07) is 0. The number of carboxylic acid groups (broad SMARTS) is 1. The molecule has 4 N–H and O–H groups in total. The first-order chi connectivity index (χ1) is 11.9. The van der Waals surface area contributed by atoms with Gasteiger partial charge in [0.2, 0.25) is 5.91 Å². The van der Waals surface area contributed by atoms with Gasteiger partial charge in [-0.15, -0.1) is 0 Å². The van der Waals surface area contributed by atoms with E-state index in [0.29, 0.717) is 32.1 Å². The van der Waals surface area contributed by atoms with E-state index in [-0.39, 0.29) is 11.8 Å². The van der Waals surface area contributed by atoms with Crippen molar-refractivity contribution < 1.29 is 23.1 Å². The van der Waals surface area contributed by atoms with Gasteiger partial charge >= 0.3 is 5.97 Å². The molecule has 0 aromatic carbocycles. The molecule has 1 aliphatic carbocycles. The van der Waals surface area contributed by atoms with Gasteiger partial charge in [0.1, 0.15) is 0 Å². The van der Waals surface area contributed by atoms with Crippen molar-refractivity contribution in [3.8, 4) is 0 Å². The van der Waals surface area contributed by atoms with Gasteiger partial charge in [-0.2, -0.15) is 0 Å². The molecule has 0 aliphatic heterocycles. The Kier molecular flexibility index (Phi) is 7.65. The van der Waals surface area contributed by atoms with E-state index >= 15 is 0 Å². The molecule has 0 aromatic heterocycles. The summed E-state index contributed by atoms with van der Waals surface area (Å²) < 4.78 is 24.5. The predicted molar refractivity (Wildman–Crippen MR) is 101 cm³/mol. The van der Waals surface area contributed by atoms with Crippen LogP contribution in [-0.4, -0.2) is 36.4 Å². The maximum Gasteiger partial charge on any atom is 0.307 e. The van der Waals surface area contributed by atoms with E-state index in [2.05, 4.69) is 5.43 Å². The van der Waals surface area contributed by atoms with Gasteiger partial charge < -0.3 is 5.11 Å². The Labute approximate surface area is 157 Å². The number of nitrogens with one attached hydrogen (secondary N) is 1. The highest BCUT2D eigenvalue weighted by atomic mass is 32.2. The van der Waals surface area contributed by atoms with Crippen LogP contribution in [0.25, 0.3) is 0 Å². The summed E-state index contributed by atoms with van der Waals surface area (Å²) >= 11 is 0. The molecule has 0 heterocycles. The number of hydrazine groups is 1. The Balaban J connectivity index is 3.49. The Hall–Kier alpha value is -1.15. The molecule has 2 unspecified atom stereocenters. The fraction of sp³-hybridized carbons (Fsp3) is 0.889. The molecule has 1 aliphatic rings. The number of hydrogen-bond acceptors (Lipinski definition) is 5. The number of aliphatic carboxylic acids is 1. The highest BCUT2D eigenvalue weighted by molar-refractivity contribution is 7.92. The maximum atomic E-state index is 12.8. The number of sulfone groups is 1. The van der Waals surface area contributed by atoms with Crippen molar-refractivity contribution in [2.24, 2.45) is 35.4 Å². The van der Waals surface area contributed by atoms with Gasteiger partial charge in [-0.3, -0.25) is 15.0 Å². The summed E-state index contributed by atoms with van der Waals surface area (Å²) in [5.74, 6) is 1.31. The smallest absolute Gasteiger partial charge is 0.307 e. The predicted octanol–water partition coefficient (Wildman–Crippen LogP) is 1.97. The number of carbonyl (C=O) groups excluding carboxylic acids is 1. The van der Waals surface area contributed by atoms with Gasteiger partial charge in [-0.25, -0.2) is 14.3 Å². The van der Waals surface area contributed by atoms with Crippen LogP contribution in [0.15, 0.2) is 0 Å². The van der Waals surface area contributed by atoms with Crippen LogP contribution in [0.4, 0.5) is 0 Å². The minimum Gasteiger partial charge on any atom is -0.481 e. The number of carboxylic acids is 1. The van der Waals surface area contributed by atoms with Gasteiger partial charge in [0.05, 0.1) is 16.6 Å². The molecule has 7 nitrogen and oxygen atoms in total. The van der Waals surface area contributed by atoms with Crippen LogP contribution in [-0.2, 0) is 19.4 Å². The van der Waals surface area contributed by atoms with Crippen molar-refractivity contribution in [2.45, 2.75) is 64.5 Å². The molecule has 1 fully saturated rings. The minimum atomic E-state index is -3.51. The molecule has 8 heteroatoms. The third kappa shape index (κ3) is 4.76. The number of rotatable bonds is 9. The van der Waals surface area contributed by atoms with Crippen molar-refractivity contribution in [3.63, 3.8) is 0 Å². The average molecular weight is 391 g/mol. The lowest BCUT2D eigenvalue weighted by Crippen LogP contribution is -2.52. The number of carbonyl (C=O) groups is 2. The highest BCUT2D eigenvalue weighted by Crippen LogP contribution is 2.51. The molecular formula is C18H34N2O5S. The normalized spacial score (nSPS) is 26.1. The Morgan fingerprint density at radius 3 is 2.19 bits per heavy atom. The van der Waals surface area contributed by atoms with E-state index in [9.17, 15) is 23.1 Å². The first kappa shape index (κ1) is 22.9. The summed E-state index contributed by atoms with van der Waals surface area (Å²) in [6.07, 6.45) is 3.52. The second-order valence-corrected chi connectivity index (χ2v) is 10.9. The summed E-state index contributed by atoms with van der Waals surface area (Å²) in [4.78, 5) is 24.6. The second-order valence-electron chi connectivity index (χ2n) is 8.54. The topological polar surface area (TPSA) is 127 Å². The largest absolute Gasteiger partial charge is 0.481 e. The lowest BCUT2D eigenvalue weighted by molar-refractivity contribution is -0.151. The number of amides is 1. The Bertz CT molecular complexity index is 617. The molecular weight excluding hydrogens is 356 g/mol. The SMILES string of the molecule is CC(C)C[C@@H](C(=O)NN)[C@H](C(=O)O)C1CCCC1(CC(C)C)S(C)(=O)=O. The maximum absolute atomic E-state index is 12.8. The third-order valence-corrected chi connectivity index (χ3v) is 7.79. The van der Waals surface area contributed by atoms with E-state index in [4.69, 9.17) is 5.84 Å². The van der Waals surface area contributed by atoms with Crippen molar-refractivity contribution in [1.82, 2.24) is 5.43 Å². The van der Waals surface area contributed by atoms with Crippen LogP contribution in [0.2, 0.25) is 0 Å². The quantitative estimate of drug-likeness (QED) is 0.314. The van der Waals surface area contributed by atoms with E-state index < -0.39 is 44.2 Å². The summed E-state index contributed by atoms with van der Waals surface area (Å²) in [7, 11) is -3.51. The van der Waals surface area contributed by atoms with Crippen LogP contribution in [0.5, 0.6) is 0 Å². The van der Waals surface area contributed by atoms with Crippen LogP contribution in [0.1, 0.15) is 59.8 Å². The van der Waals surface area contributed by atoms with Crippen molar-refractivity contribution >= 4 is 21.7 Å². The van der Waals surface area contributed by atoms with Crippen molar-refractivity contribution in [1.29, 1.82) is 0 Å². The summed E-state index contributed by atoms with van der Waals surface area (Å²) in [5, 5.41) is 9.98. The molecule has 1 rings (SSSR count). The fourth-order valence-electron chi connectivity index (χ4n) is 4.79. The van der Waals surface area contributed by atoms with E-state index in [1.165, 1.54) is 6.26 Å². The zero-order valence-electron chi connectivity index (χ0n) is 16.5. The van der Waals surface area contributed by atoms with Crippen LogP contribution in [0, 0.1) is 29.6 Å². The van der Waals surface area contributed by atoms with Crippen LogP contribution in [0.3, 0.4) is 0 Å². The zero-order chi connectivity index (χ0) is 20.3. The van der Waals surface area contributed by atoms with Gasteiger partial charge in [0, 0.05) is 6.26 Å². The van der Waals surface area contributed by atoms with E-state index in [1.807, 2.05) is 27.7 Å². The molecule has 0 spiro atoms. The monoisotopic (exact) mass is 390 g/mol. The molecule has 1 saturated carbocycles. The summed E-state index contributed by atoms with van der Waals surface area (Å²) in [6.45, 7) is 7.69. The standard InChI is InChI=1S/C18H34N2O5S/c1-11(2)9-13(16(21)20-19)15(17(22)23)14-7-6-8-18(14,10-12(3)4)26(5,24)25/h11-15H,6-10,19H2,1-5H3,(H,20,21)(H,22,23)/t13-,14?,15+,18?/m1/s1. The lowest BCUT2D eigenvalue weighted by Gasteiger charge is -2.40. The van der Waals surface area contributed by atoms with Crippen LogP contribution >= 0.6 is 0 Å². The fourth-order valence-corrected chi connectivity index (χ4v) is 6.75. The molecule has 0 bridgehead atoms. The Morgan fingerprint density at radius 1 is 1.23 bits per heavy atom. The highest BCUT2D eigenvalue weighted by Gasteiger charge is 2.57. The molecule has 0 radical (unpaired) electrons. The molecule has 0 aromatic rings. The molecule has 4 atom stereocenters. The lowest BCUT2D eigenvalue weighted by atomic mass is 9.71. The molecule has 26 heavy (non-hydrogen) atoms. The van der Waals surface area contributed by atoms with Gasteiger partial charge in [-0.1, -0.05) is 34.1 Å². The second kappa shape index (κ2) is 8.69. The van der Waals surface area contributed by atoms with Gasteiger partial charge in [-0.05, 0) is 43.4 Å². The van der Waals surface area contributed by atoms with Crippen LogP contribution < -0.4 is 11.3 Å². The summed E-state index contributed by atoms with van der Waals surface area (Å²) in [5.41, 5.74) is 2.08. The third-order valence-electron chi connectivity index (χ3n) is 5.64. The molecule has 1 amide bonds. The van der Waals surface area contributed by atoms with Crippen molar-refractivity contribution in [3.05, 3.63) is 0 Å². The molecule has 0 saturated heterocycles. The average Bonchev–Trinajstić information content (AvgIpc) is 2.88. The first-order valence-electron chi connectivity index (χ1n) is 9.30. The van der Waals surface area contributed by atoms with E-state index in [1.54, 1.807) is 0 Å². The Morgan fingerprint density at radius 2 is 1.81 bits per heavy atom. The number of nitrogens with two attached hydrogens (primary N) is 1. The van der Waals surface area contributed by atoms with E-state index in [0.717, 1.165) is 0 Å². The van der Waals surface area contributed by atoms with Crippen molar-refractivity contribution in [2.75, 3.05) is 6.26 Å². The zero-order valence-corrected chi connectivity index (χ0v) is 17.3. The first-order valence-corrected chi connectivity index (χ1v) is 11.2. The number of hydrogen-bond donors (Lipinski definition) is 3. The molecule has 152 valence electrons. The van der Waals surface area contributed by atoms with Gasteiger partial charge in [0.25, 0.3) is 0 Å². The minimum absolute atomic E-state index is 0.0817.